The Kier molecular flexibility index (Phi) is 3.92. The Morgan fingerprint density at radius 1 is 1.15 bits per heavy atom. The molecule has 2 aromatic heterocycles. The number of rotatable bonds is 4. The molecule has 2 aromatic carbocycles. The third-order valence-electron chi connectivity index (χ3n) is 3.99. The minimum Gasteiger partial charge on any atom is -0.456 e. The number of carbonyl (C=O) groups excluding carboxylic acids is 1. The van der Waals surface area contributed by atoms with Crippen molar-refractivity contribution in [2.75, 3.05) is 5.32 Å². The van der Waals surface area contributed by atoms with E-state index in [4.69, 9.17) is 8.94 Å². The van der Waals surface area contributed by atoms with Crippen LogP contribution in [0, 0.1) is 17.0 Å². The van der Waals surface area contributed by atoms with Gasteiger partial charge in [-0.1, -0.05) is 35.5 Å². The molecule has 0 radical (unpaired) electrons. The number of carbonyl (C=O) groups is 1. The average Bonchev–Trinajstić information content (AvgIpc) is 3.28. The summed E-state index contributed by atoms with van der Waals surface area (Å²) in [7, 11) is 0. The summed E-state index contributed by atoms with van der Waals surface area (Å²) in [6.07, 6.45) is 0. The Labute approximate surface area is 152 Å². The van der Waals surface area contributed by atoms with Crippen LogP contribution in [0.1, 0.15) is 16.2 Å². The maximum absolute atomic E-state index is 12.4. The van der Waals surface area contributed by atoms with Crippen molar-refractivity contribution in [1.82, 2.24) is 5.16 Å². The first kappa shape index (κ1) is 16.5. The van der Waals surface area contributed by atoms with Crippen molar-refractivity contribution in [3.63, 3.8) is 0 Å². The van der Waals surface area contributed by atoms with Gasteiger partial charge in [0, 0.05) is 23.1 Å². The molecule has 0 spiro atoms. The zero-order valence-electron chi connectivity index (χ0n) is 14.1. The van der Waals surface area contributed by atoms with Crippen LogP contribution in [0.3, 0.4) is 0 Å². The molecule has 4 rings (SSSR count). The molecule has 0 saturated carbocycles. The third kappa shape index (κ3) is 3.15. The molecule has 0 atom stereocenters. The molecule has 134 valence electrons. The van der Waals surface area contributed by atoms with Crippen molar-refractivity contribution in [3.05, 3.63) is 76.2 Å². The van der Waals surface area contributed by atoms with E-state index in [1.54, 1.807) is 13.0 Å². The van der Waals surface area contributed by atoms with E-state index in [-0.39, 0.29) is 17.1 Å². The Morgan fingerprint density at radius 2 is 1.93 bits per heavy atom. The normalized spacial score (nSPS) is 10.9. The van der Waals surface area contributed by atoms with E-state index in [0.717, 1.165) is 5.56 Å². The highest BCUT2D eigenvalue weighted by Gasteiger charge is 2.20. The van der Waals surface area contributed by atoms with Crippen LogP contribution in [0.4, 0.5) is 11.4 Å². The number of non-ortho nitro benzene ring substituents is 1. The molecule has 0 fully saturated rings. The molecule has 0 saturated heterocycles. The van der Waals surface area contributed by atoms with E-state index >= 15 is 0 Å². The number of anilines is 1. The van der Waals surface area contributed by atoms with Crippen LogP contribution < -0.4 is 5.32 Å². The zero-order valence-corrected chi connectivity index (χ0v) is 14.1. The van der Waals surface area contributed by atoms with E-state index < -0.39 is 10.8 Å². The molecule has 8 nitrogen and oxygen atoms in total. The predicted molar refractivity (Wildman–Crippen MR) is 97.5 cm³/mol. The monoisotopic (exact) mass is 363 g/mol. The van der Waals surface area contributed by atoms with Gasteiger partial charge < -0.3 is 14.3 Å². The Hall–Kier alpha value is -3.94. The lowest BCUT2D eigenvalue weighted by molar-refractivity contribution is -0.384. The summed E-state index contributed by atoms with van der Waals surface area (Å²) < 4.78 is 10.7. The first-order chi connectivity index (χ1) is 13.0. The summed E-state index contributed by atoms with van der Waals surface area (Å²) in [4.78, 5) is 23.1. The molecule has 0 aliphatic carbocycles. The molecule has 4 aromatic rings. The molecule has 0 aliphatic heterocycles. The van der Waals surface area contributed by atoms with Crippen LogP contribution in [-0.4, -0.2) is 16.0 Å². The van der Waals surface area contributed by atoms with Crippen molar-refractivity contribution in [2.24, 2.45) is 0 Å². The average molecular weight is 363 g/mol. The summed E-state index contributed by atoms with van der Waals surface area (Å²) in [6.45, 7) is 1.69. The summed E-state index contributed by atoms with van der Waals surface area (Å²) in [5.74, 6) is -0.00380. The summed E-state index contributed by atoms with van der Waals surface area (Å²) in [5, 5.41) is 18.1. The van der Waals surface area contributed by atoms with Gasteiger partial charge in [-0.2, -0.15) is 0 Å². The summed E-state index contributed by atoms with van der Waals surface area (Å²) >= 11 is 0. The maximum atomic E-state index is 12.4. The summed E-state index contributed by atoms with van der Waals surface area (Å²) in [5.41, 5.74) is 1.73. The molecule has 1 N–H and O–H groups in total. The molecule has 2 heterocycles. The third-order valence-corrected chi connectivity index (χ3v) is 3.99. The van der Waals surface area contributed by atoms with Gasteiger partial charge in [0.25, 0.3) is 11.6 Å². The van der Waals surface area contributed by atoms with Gasteiger partial charge in [-0.25, -0.2) is 0 Å². The molecule has 0 unspecified atom stereocenters. The lowest BCUT2D eigenvalue weighted by atomic mass is 10.1. The van der Waals surface area contributed by atoms with Crippen LogP contribution in [0.5, 0.6) is 0 Å². The Morgan fingerprint density at radius 3 is 2.59 bits per heavy atom. The first-order valence-corrected chi connectivity index (χ1v) is 8.03. The fraction of sp³-hybridized carbons (Fsp3) is 0.0526. The number of aryl methyl sites for hydroxylation is 1. The second-order valence-corrected chi connectivity index (χ2v) is 5.93. The highest BCUT2D eigenvalue weighted by atomic mass is 16.6. The van der Waals surface area contributed by atoms with Gasteiger partial charge in [-0.15, -0.1) is 0 Å². The lowest BCUT2D eigenvalue weighted by Gasteiger charge is -2.04. The van der Waals surface area contributed by atoms with Crippen molar-refractivity contribution in [2.45, 2.75) is 6.92 Å². The van der Waals surface area contributed by atoms with Gasteiger partial charge in [0.2, 0.25) is 5.76 Å². The number of hydrogen-bond donors (Lipinski definition) is 1. The van der Waals surface area contributed by atoms with E-state index in [2.05, 4.69) is 10.5 Å². The molecule has 27 heavy (non-hydrogen) atoms. The van der Waals surface area contributed by atoms with E-state index in [0.29, 0.717) is 22.4 Å². The van der Waals surface area contributed by atoms with Gasteiger partial charge >= 0.3 is 0 Å². The quantitative estimate of drug-likeness (QED) is 0.420. The van der Waals surface area contributed by atoms with Crippen LogP contribution in [0.15, 0.2) is 63.5 Å². The number of benzene rings is 2. The first-order valence-electron chi connectivity index (χ1n) is 8.03. The fourth-order valence-corrected chi connectivity index (χ4v) is 2.73. The minimum atomic E-state index is -0.556. The predicted octanol–water partition coefficient (Wildman–Crippen LogP) is 4.56. The number of fused-ring (bicyclic) bond motifs is 1. The van der Waals surface area contributed by atoms with Crippen molar-refractivity contribution >= 4 is 28.3 Å². The smallest absolute Gasteiger partial charge is 0.294 e. The molecule has 0 bridgehead atoms. The standard InChI is InChI=1S/C19H13N3O5/c1-11-7-18(27-21-11)19(23)20-15-8-13(22(24)25)9-17-14(15)10-16(26-17)12-5-3-2-4-6-12/h2-10H,1H3,(H,20,23). The topological polar surface area (TPSA) is 111 Å². The van der Waals surface area contributed by atoms with E-state index in [1.165, 1.54) is 18.2 Å². The Bertz CT molecular complexity index is 1160. The minimum absolute atomic E-state index is 0.0129. The van der Waals surface area contributed by atoms with Gasteiger partial charge in [-0.05, 0) is 13.0 Å². The second-order valence-electron chi connectivity index (χ2n) is 5.93. The maximum Gasteiger partial charge on any atom is 0.294 e. The van der Waals surface area contributed by atoms with Crippen LogP contribution in [-0.2, 0) is 0 Å². The lowest BCUT2D eigenvalue weighted by Crippen LogP contribution is -2.11. The Balaban J connectivity index is 1.81. The van der Waals surface area contributed by atoms with Crippen molar-refractivity contribution < 1.29 is 18.7 Å². The number of amides is 1. The van der Waals surface area contributed by atoms with Crippen molar-refractivity contribution in [3.8, 4) is 11.3 Å². The summed E-state index contributed by atoms with van der Waals surface area (Å²) in [6, 6.07) is 15.2. The molecule has 0 aliphatic rings. The van der Waals surface area contributed by atoms with Gasteiger partial charge in [0.1, 0.15) is 11.3 Å². The van der Waals surface area contributed by atoms with Crippen LogP contribution in [0.25, 0.3) is 22.3 Å². The zero-order chi connectivity index (χ0) is 19.0. The van der Waals surface area contributed by atoms with Gasteiger partial charge in [-0.3, -0.25) is 14.9 Å². The van der Waals surface area contributed by atoms with Crippen LogP contribution >= 0.6 is 0 Å². The molecule has 1 amide bonds. The van der Waals surface area contributed by atoms with E-state index in [9.17, 15) is 14.9 Å². The van der Waals surface area contributed by atoms with Crippen LogP contribution in [0.2, 0.25) is 0 Å². The number of nitro groups is 1. The molecule has 8 heteroatoms. The number of hydrogen-bond acceptors (Lipinski definition) is 6. The highest BCUT2D eigenvalue weighted by Crippen LogP contribution is 2.35. The number of nitrogens with one attached hydrogen (secondary N) is 1. The van der Waals surface area contributed by atoms with Gasteiger partial charge in [0.05, 0.1) is 22.4 Å². The number of aromatic nitrogens is 1. The van der Waals surface area contributed by atoms with E-state index in [1.807, 2.05) is 30.3 Å². The fourth-order valence-electron chi connectivity index (χ4n) is 2.73. The second kappa shape index (κ2) is 6.41. The molecular weight excluding hydrogens is 350 g/mol. The van der Waals surface area contributed by atoms with Gasteiger partial charge in [0.15, 0.2) is 0 Å². The molecular formula is C19H13N3O5. The highest BCUT2D eigenvalue weighted by molar-refractivity contribution is 6.08. The number of furan rings is 1. The SMILES string of the molecule is Cc1cc(C(=O)Nc2cc([N+](=O)[O-])cc3oc(-c4ccccc4)cc23)on1. The van der Waals surface area contributed by atoms with Crippen molar-refractivity contribution in [1.29, 1.82) is 0 Å². The number of nitro benzene ring substituents is 1. The number of nitrogens with zero attached hydrogens (tertiary/aromatic N) is 2. The largest absolute Gasteiger partial charge is 0.456 e.